The Morgan fingerprint density at radius 1 is 1.27 bits per heavy atom. The molecule has 3 heterocycles. The first kappa shape index (κ1) is 16.1. The van der Waals surface area contributed by atoms with Crippen LogP contribution in [0, 0.1) is 0 Å². The predicted molar refractivity (Wildman–Crippen MR) is 99.1 cm³/mol. The van der Waals surface area contributed by atoms with Gasteiger partial charge in [-0.1, -0.05) is 18.2 Å². The second-order valence-electron chi connectivity index (χ2n) is 6.05. The Bertz CT molecular complexity index is 906. The Morgan fingerprint density at radius 2 is 2.19 bits per heavy atom. The van der Waals surface area contributed by atoms with Crippen molar-refractivity contribution in [1.82, 2.24) is 20.1 Å². The fourth-order valence-corrected chi connectivity index (χ4v) is 2.98. The minimum absolute atomic E-state index is 0.112. The van der Waals surface area contributed by atoms with Gasteiger partial charge in [0.25, 0.3) is 0 Å². The number of hydrogen-bond acceptors (Lipinski definition) is 4. The quantitative estimate of drug-likeness (QED) is 0.557. The summed E-state index contributed by atoms with van der Waals surface area (Å²) in [5.41, 5.74) is 8.24. The maximum atomic E-state index is 6.11. The molecule has 0 aliphatic carbocycles. The topological polar surface area (TPSA) is 90.4 Å². The number of guanidine groups is 1. The Labute approximate surface area is 151 Å². The molecule has 3 aromatic rings. The average Bonchev–Trinajstić information content (AvgIpc) is 3.22. The van der Waals surface area contributed by atoms with Crippen LogP contribution in [-0.4, -0.2) is 27.3 Å². The molecule has 1 aliphatic heterocycles. The maximum absolute atomic E-state index is 6.11. The highest BCUT2D eigenvalue weighted by atomic mass is 16.5. The van der Waals surface area contributed by atoms with E-state index >= 15 is 0 Å². The van der Waals surface area contributed by atoms with Crippen LogP contribution in [0.25, 0.3) is 5.82 Å². The molecule has 0 radical (unpaired) electrons. The second kappa shape index (κ2) is 7.26. The van der Waals surface area contributed by atoms with Gasteiger partial charge in [0.2, 0.25) is 0 Å². The number of benzene rings is 1. The molecule has 132 valence electrons. The summed E-state index contributed by atoms with van der Waals surface area (Å²) >= 11 is 0. The Kier molecular flexibility index (Phi) is 4.51. The zero-order chi connectivity index (χ0) is 17.8. The molecular formula is C19H20N6O. The third-order valence-corrected chi connectivity index (χ3v) is 4.26. The van der Waals surface area contributed by atoms with Crippen molar-refractivity contribution >= 4 is 5.96 Å². The van der Waals surface area contributed by atoms with E-state index in [2.05, 4.69) is 26.5 Å². The summed E-state index contributed by atoms with van der Waals surface area (Å²) in [6, 6.07) is 13.9. The number of ether oxygens (including phenoxy) is 1. The smallest absolute Gasteiger partial charge is 0.189 e. The van der Waals surface area contributed by atoms with Crippen molar-refractivity contribution in [2.75, 3.05) is 6.61 Å². The van der Waals surface area contributed by atoms with Gasteiger partial charge in [0.05, 0.1) is 19.2 Å². The van der Waals surface area contributed by atoms with E-state index in [0.29, 0.717) is 19.1 Å². The third-order valence-electron chi connectivity index (χ3n) is 4.26. The molecular weight excluding hydrogens is 328 g/mol. The van der Waals surface area contributed by atoms with Gasteiger partial charge >= 0.3 is 0 Å². The molecule has 4 rings (SSSR count). The fraction of sp³-hybridized carbons (Fsp3) is 0.211. The molecule has 0 spiro atoms. The molecule has 0 bridgehead atoms. The standard InChI is InChI=1S/C19H20N6O/c20-19(24-16-7-11-26-17-5-2-1-4-15(16)17)22-13-14-6-9-21-18(12-14)25-10-3-8-23-25/h1-6,8-10,12,16H,7,11,13H2,(H3,20,22,24). The average molecular weight is 348 g/mol. The van der Waals surface area contributed by atoms with Gasteiger partial charge in [0, 0.05) is 30.6 Å². The van der Waals surface area contributed by atoms with Gasteiger partial charge in [-0.2, -0.15) is 5.10 Å². The number of nitrogens with one attached hydrogen (secondary N) is 1. The Morgan fingerprint density at radius 3 is 3.08 bits per heavy atom. The van der Waals surface area contributed by atoms with Gasteiger partial charge in [-0.3, -0.25) is 0 Å². The molecule has 1 atom stereocenters. The van der Waals surface area contributed by atoms with Gasteiger partial charge < -0.3 is 15.8 Å². The van der Waals surface area contributed by atoms with Crippen molar-refractivity contribution in [3.8, 4) is 11.6 Å². The number of aliphatic imine (C=N–C) groups is 1. The second-order valence-corrected chi connectivity index (χ2v) is 6.05. The van der Waals surface area contributed by atoms with Crippen molar-refractivity contribution in [3.05, 3.63) is 72.2 Å². The lowest BCUT2D eigenvalue weighted by Gasteiger charge is -2.26. The molecule has 3 N–H and O–H groups in total. The van der Waals surface area contributed by atoms with Crippen LogP contribution >= 0.6 is 0 Å². The number of nitrogens with zero attached hydrogens (tertiary/aromatic N) is 4. The number of rotatable bonds is 4. The summed E-state index contributed by atoms with van der Waals surface area (Å²) in [5.74, 6) is 2.08. The van der Waals surface area contributed by atoms with Gasteiger partial charge in [0.1, 0.15) is 5.75 Å². The molecule has 7 heteroatoms. The zero-order valence-electron chi connectivity index (χ0n) is 14.2. The van der Waals surface area contributed by atoms with Crippen molar-refractivity contribution < 1.29 is 4.74 Å². The van der Waals surface area contributed by atoms with Crippen LogP contribution in [0.4, 0.5) is 0 Å². The van der Waals surface area contributed by atoms with E-state index < -0.39 is 0 Å². The van der Waals surface area contributed by atoms with Crippen molar-refractivity contribution in [2.45, 2.75) is 19.0 Å². The Balaban J connectivity index is 1.44. The van der Waals surface area contributed by atoms with Crippen molar-refractivity contribution in [2.24, 2.45) is 10.7 Å². The van der Waals surface area contributed by atoms with E-state index in [9.17, 15) is 0 Å². The fourth-order valence-electron chi connectivity index (χ4n) is 2.98. The van der Waals surface area contributed by atoms with Gasteiger partial charge in [-0.25, -0.2) is 14.7 Å². The monoisotopic (exact) mass is 348 g/mol. The van der Waals surface area contributed by atoms with E-state index in [1.807, 2.05) is 42.6 Å². The molecule has 1 unspecified atom stereocenters. The molecule has 1 aliphatic rings. The number of aromatic nitrogens is 3. The van der Waals surface area contributed by atoms with Crippen LogP contribution in [0.1, 0.15) is 23.6 Å². The first-order valence-electron chi connectivity index (χ1n) is 8.53. The predicted octanol–water partition coefficient (Wildman–Crippen LogP) is 2.20. The molecule has 7 nitrogen and oxygen atoms in total. The summed E-state index contributed by atoms with van der Waals surface area (Å²) in [5, 5.41) is 7.49. The zero-order valence-corrected chi connectivity index (χ0v) is 14.2. The van der Waals surface area contributed by atoms with E-state index in [0.717, 1.165) is 29.1 Å². The highest BCUT2D eigenvalue weighted by Gasteiger charge is 2.21. The molecule has 0 saturated carbocycles. The van der Waals surface area contributed by atoms with E-state index in [4.69, 9.17) is 10.5 Å². The summed E-state index contributed by atoms with van der Waals surface area (Å²) in [6.45, 7) is 1.14. The lowest BCUT2D eigenvalue weighted by molar-refractivity contribution is 0.262. The normalized spacial score (nSPS) is 16.6. The minimum atomic E-state index is 0.112. The lowest BCUT2D eigenvalue weighted by atomic mass is 10.0. The molecule has 1 aromatic carbocycles. The summed E-state index contributed by atoms with van der Waals surface area (Å²) in [4.78, 5) is 8.79. The van der Waals surface area contributed by atoms with Crippen molar-refractivity contribution in [3.63, 3.8) is 0 Å². The molecule has 26 heavy (non-hydrogen) atoms. The maximum Gasteiger partial charge on any atom is 0.189 e. The summed E-state index contributed by atoms with van der Waals surface area (Å²) < 4.78 is 7.39. The van der Waals surface area contributed by atoms with Crippen LogP contribution in [0.3, 0.4) is 0 Å². The summed E-state index contributed by atoms with van der Waals surface area (Å²) in [6.07, 6.45) is 6.18. The van der Waals surface area contributed by atoms with Gasteiger partial charge in [-0.05, 0) is 29.8 Å². The van der Waals surface area contributed by atoms with E-state index in [-0.39, 0.29) is 6.04 Å². The Hall–Kier alpha value is -3.35. The van der Waals surface area contributed by atoms with E-state index in [1.54, 1.807) is 17.1 Å². The number of pyridine rings is 1. The minimum Gasteiger partial charge on any atom is -0.493 e. The first-order chi connectivity index (χ1) is 12.8. The molecule has 0 saturated heterocycles. The van der Waals surface area contributed by atoms with Crippen LogP contribution < -0.4 is 15.8 Å². The third kappa shape index (κ3) is 3.51. The van der Waals surface area contributed by atoms with Crippen LogP contribution in [0.2, 0.25) is 0 Å². The van der Waals surface area contributed by atoms with Crippen LogP contribution in [-0.2, 0) is 6.54 Å². The number of para-hydroxylation sites is 1. The number of fused-ring (bicyclic) bond motifs is 1. The molecule has 0 amide bonds. The molecule has 0 fully saturated rings. The number of nitrogens with two attached hydrogens (primary N) is 1. The number of hydrogen-bond donors (Lipinski definition) is 2. The highest BCUT2D eigenvalue weighted by molar-refractivity contribution is 5.78. The lowest BCUT2D eigenvalue weighted by Crippen LogP contribution is -2.37. The SMILES string of the molecule is NC(=NCc1ccnc(-n2cccn2)c1)NC1CCOc2ccccc21. The van der Waals surface area contributed by atoms with Crippen molar-refractivity contribution in [1.29, 1.82) is 0 Å². The summed E-state index contributed by atoms with van der Waals surface area (Å²) in [7, 11) is 0. The van der Waals surface area contributed by atoms with Gasteiger partial charge in [0.15, 0.2) is 11.8 Å². The first-order valence-corrected chi connectivity index (χ1v) is 8.53. The van der Waals surface area contributed by atoms with Crippen LogP contribution in [0.15, 0.2) is 66.0 Å². The van der Waals surface area contributed by atoms with E-state index in [1.165, 1.54) is 0 Å². The highest BCUT2D eigenvalue weighted by Crippen LogP contribution is 2.31. The van der Waals surface area contributed by atoms with Crippen LogP contribution in [0.5, 0.6) is 5.75 Å². The largest absolute Gasteiger partial charge is 0.493 e. The molecule has 2 aromatic heterocycles. The van der Waals surface area contributed by atoms with Gasteiger partial charge in [-0.15, -0.1) is 0 Å².